The molecule has 162 valence electrons. The predicted molar refractivity (Wildman–Crippen MR) is 122 cm³/mol. The maximum Gasteiger partial charge on any atom is 0.241 e. The van der Waals surface area contributed by atoms with Crippen LogP contribution in [0.5, 0.6) is 0 Å². The van der Waals surface area contributed by atoms with Crippen LogP contribution in [0.1, 0.15) is 36.8 Å². The van der Waals surface area contributed by atoms with Crippen LogP contribution < -0.4 is 5.32 Å². The molecule has 0 saturated carbocycles. The van der Waals surface area contributed by atoms with E-state index in [9.17, 15) is 4.79 Å². The molecular weight excluding hydrogens is 412 g/mol. The predicted octanol–water partition coefficient (Wildman–Crippen LogP) is 5.11. The Hall–Kier alpha value is -2.70. The van der Waals surface area contributed by atoms with Crippen LogP contribution in [0.2, 0.25) is 5.02 Å². The lowest BCUT2D eigenvalue weighted by molar-refractivity contribution is -0.121. The second-order valence-electron chi connectivity index (χ2n) is 8.02. The summed E-state index contributed by atoms with van der Waals surface area (Å²) in [6, 6.07) is 13.6. The monoisotopic (exact) mass is 438 g/mol. The fraction of sp³-hybridized carbons (Fsp3) is 0.375. The van der Waals surface area contributed by atoms with E-state index in [2.05, 4.69) is 33.3 Å². The Morgan fingerprint density at radius 3 is 2.74 bits per heavy atom. The molecule has 0 radical (unpaired) electrons. The molecule has 0 bridgehead atoms. The van der Waals surface area contributed by atoms with E-state index in [0.717, 1.165) is 49.2 Å². The molecule has 0 aliphatic carbocycles. The smallest absolute Gasteiger partial charge is 0.241 e. The molecule has 1 aliphatic rings. The average molecular weight is 439 g/mol. The van der Waals surface area contributed by atoms with Gasteiger partial charge in [-0.05, 0) is 62.5 Å². The van der Waals surface area contributed by atoms with Gasteiger partial charge in [0.1, 0.15) is 0 Å². The molecule has 4 rings (SSSR count). The van der Waals surface area contributed by atoms with E-state index in [-0.39, 0.29) is 11.8 Å². The van der Waals surface area contributed by atoms with Gasteiger partial charge in [-0.3, -0.25) is 9.69 Å². The molecule has 0 atom stereocenters. The highest BCUT2D eigenvalue weighted by atomic mass is 35.5. The molecule has 7 heteroatoms. The van der Waals surface area contributed by atoms with Gasteiger partial charge in [-0.25, -0.2) is 0 Å². The van der Waals surface area contributed by atoms with Crippen LogP contribution in [0.25, 0.3) is 11.4 Å². The zero-order chi connectivity index (χ0) is 21.8. The zero-order valence-corrected chi connectivity index (χ0v) is 18.7. The van der Waals surface area contributed by atoms with Crippen LogP contribution in [0, 0.1) is 12.8 Å². The number of halogens is 1. The maximum atomic E-state index is 12.9. The van der Waals surface area contributed by atoms with E-state index >= 15 is 0 Å². The Morgan fingerprint density at radius 2 is 2.00 bits per heavy atom. The largest absolute Gasteiger partial charge is 0.338 e. The van der Waals surface area contributed by atoms with Crippen molar-refractivity contribution in [3.63, 3.8) is 0 Å². The van der Waals surface area contributed by atoms with Crippen LogP contribution in [0.3, 0.4) is 0 Å². The number of rotatable bonds is 6. The molecule has 3 aromatic rings. The molecule has 0 spiro atoms. The Kier molecular flexibility index (Phi) is 6.68. The van der Waals surface area contributed by atoms with Gasteiger partial charge in [-0.15, -0.1) is 0 Å². The second-order valence-corrected chi connectivity index (χ2v) is 8.46. The number of carbonyl (C=O) groups is 1. The maximum absolute atomic E-state index is 12.9. The summed E-state index contributed by atoms with van der Waals surface area (Å²) in [5, 5.41) is 7.89. The van der Waals surface area contributed by atoms with E-state index in [4.69, 9.17) is 16.1 Å². The first kappa shape index (κ1) is 21.5. The van der Waals surface area contributed by atoms with Gasteiger partial charge >= 0.3 is 0 Å². The van der Waals surface area contributed by atoms with Crippen LogP contribution in [0.4, 0.5) is 5.69 Å². The first-order valence-corrected chi connectivity index (χ1v) is 11.1. The third-order valence-corrected chi connectivity index (χ3v) is 6.09. The van der Waals surface area contributed by atoms with E-state index in [0.29, 0.717) is 23.3 Å². The quantitative estimate of drug-likeness (QED) is 0.578. The van der Waals surface area contributed by atoms with Crippen LogP contribution in [-0.4, -0.2) is 34.0 Å². The molecule has 31 heavy (non-hydrogen) atoms. The van der Waals surface area contributed by atoms with Crippen LogP contribution >= 0.6 is 11.6 Å². The van der Waals surface area contributed by atoms with Crippen molar-refractivity contribution in [1.29, 1.82) is 0 Å². The summed E-state index contributed by atoms with van der Waals surface area (Å²) < 4.78 is 5.43. The number of likely N-dealkylation sites (tertiary alicyclic amines) is 1. The zero-order valence-electron chi connectivity index (χ0n) is 17.9. The minimum atomic E-state index is 0.0188. The van der Waals surface area contributed by atoms with Crippen LogP contribution in [0.15, 0.2) is 47.0 Å². The molecule has 1 aliphatic heterocycles. The summed E-state index contributed by atoms with van der Waals surface area (Å²) in [5.74, 6) is 1.25. The SMILES string of the molecule is CCc1cccc(C)c1NC(=O)C1CCN(Cc2nc(-c3cccc(Cl)c3)no2)CC1. The molecule has 6 nitrogen and oxygen atoms in total. The lowest BCUT2D eigenvalue weighted by Gasteiger charge is -2.30. The molecule has 2 aromatic carbocycles. The summed E-state index contributed by atoms with van der Waals surface area (Å²) in [7, 11) is 0. The molecule has 1 amide bonds. The van der Waals surface area contributed by atoms with Crippen molar-refractivity contribution < 1.29 is 9.32 Å². The summed E-state index contributed by atoms with van der Waals surface area (Å²) in [5.41, 5.74) is 4.09. The number of benzene rings is 2. The number of hydrogen-bond donors (Lipinski definition) is 1. The van der Waals surface area contributed by atoms with Crippen molar-refractivity contribution >= 4 is 23.2 Å². The summed E-state index contributed by atoms with van der Waals surface area (Å²) in [6.07, 6.45) is 2.53. The number of nitrogens with one attached hydrogen (secondary N) is 1. The lowest BCUT2D eigenvalue weighted by atomic mass is 9.95. The second kappa shape index (κ2) is 9.62. The first-order valence-electron chi connectivity index (χ1n) is 10.7. The standard InChI is InChI=1S/C24H27ClN4O2/c1-3-17-7-4-6-16(2)22(17)27-24(30)18-10-12-29(13-11-18)15-21-26-23(28-31-21)19-8-5-9-20(25)14-19/h4-9,14,18H,3,10-13,15H2,1-2H3,(H,27,30). The van der Waals surface area contributed by atoms with E-state index < -0.39 is 0 Å². The Balaban J connectivity index is 1.32. The molecule has 2 heterocycles. The third-order valence-electron chi connectivity index (χ3n) is 5.86. The van der Waals surface area contributed by atoms with Gasteiger partial charge in [-0.2, -0.15) is 4.98 Å². The topological polar surface area (TPSA) is 71.3 Å². The number of carbonyl (C=O) groups excluding carboxylic acids is 1. The molecule has 1 aromatic heterocycles. The highest BCUT2D eigenvalue weighted by Crippen LogP contribution is 2.25. The summed E-state index contributed by atoms with van der Waals surface area (Å²) in [6.45, 7) is 6.38. The highest BCUT2D eigenvalue weighted by Gasteiger charge is 2.26. The van der Waals surface area contributed by atoms with Gasteiger partial charge in [0.25, 0.3) is 0 Å². The molecule has 0 unspecified atom stereocenters. The highest BCUT2D eigenvalue weighted by molar-refractivity contribution is 6.30. The normalized spacial score (nSPS) is 15.2. The van der Waals surface area contributed by atoms with Gasteiger partial charge in [-0.1, -0.05) is 54.0 Å². The van der Waals surface area contributed by atoms with Crippen molar-refractivity contribution in [2.24, 2.45) is 5.92 Å². The van der Waals surface area contributed by atoms with Crippen molar-refractivity contribution in [2.75, 3.05) is 18.4 Å². The third kappa shape index (κ3) is 5.14. The fourth-order valence-electron chi connectivity index (χ4n) is 4.04. The molecule has 1 N–H and O–H groups in total. The molecule has 1 saturated heterocycles. The van der Waals surface area contributed by atoms with Gasteiger partial charge in [0.2, 0.25) is 17.6 Å². The summed E-state index contributed by atoms with van der Waals surface area (Å²) >= 11 is 6.05. The number of nitrogens with zero attached hydrogens (tertiary/aromatic N) is 3. The van der Waals surface area contributed by atoms with E-state index in [1.165, 1.54) is 5.56 Å². The number of amides is 1. The van der Waals surface area contributed by atoms with Gasteiger partial charge < -0.3 is 9.84 Å². The molecular formula is C24H27ClN4O2. The van der Waals surface area contributed by atoms with Gasteiger partial charge in [0.05, 0.1) is 6.54 Å². The average Bonchev–Trinajstić information content (AvgIpc) is 3.24. The molecule has 1 fully saturated rings. The Bertz CT molecular complexity index is 1060. The van der Waals surface area contributed by atoms with Crippen molar-refractivity contribution in [3.8, 4) is 11.4 Å². The lowest BCUT2D eigenvalue weighted by Crippen LogP contribution is -2.38. The Labute approximate surface area is 187 Å². The number of piperidine rings is 1. The van der Waals surface area contributed by atoms with Gasteiger partial charge in [0, 0.05) is 22.2 Å². The minimum Gasteiger partial charge on any atom is -0.338 e. The van der Waals surface area contributed by atoms with E-state index in [1.807, 2.05) is 43.3 Å². The van der Waals surface area contributed by atoms with Crippen molar-refractivity contribution in [3.05, 3.63) is 64.5 Å². The van der Waals surface area contributed by atoms with Gasteiger partial charge in [0.15, 0.2) is 0 Å². The van der Waals surface area contributed by atoms with Crippen molar-refractivity contribution in [2.45, 2.75) is 39.7 Å². The first-order chi connectivity index (χ1) is 15.0. The van der Waals surface area contributed by atoms with Crippen LogP contribution in [-0.2, 0) is 17.8 Å². The van der Waals surface area contributed by atoms with E-state index in [1.54, 1.807) is 0 Å². The van der Waals surface area contributed by atoms with Crippen molar-refractivity contribution in [1.82, 2.24) is 15.0 Å². The summed E-state index contributed by atoms with van der Waals surface area (Å²) in [4.78, 5) is 19.6. The fourth-order valence-corrected chi connectivity index (χ4v) is 4.23. The number of aromatic nitrogens is 2. The number of hydrogen-bond acceptors (Lipinski definition) is 5. The number of aryl methyl sites for hydroxylation is 2. The number of anilines is 1. The minimum absolute atomic E-state index is 0.0188. The number of para-hydroxylation sites is 1. The Morgan fingerprint density at radius 1 is 1.23 bits per heavy atom.